The Kier molecular flexibility index (Phi) is 10.1. The largest absolute Gasteiger partial charge is 0.453 e. The van der Waals surface area contributed by atoms with Crippen LogP contribution in [0.4, 0.5) is 4.79 Å². The Morgan fingerprint density at radius 3 is 2.28 bits per heavy atom. The van der Waals surface area contributed by atoms with E-state index in [1.165, 1.54) is 7.11 Å². The van der Waals surface area contributed by atoms with Crippen molar-refractivity contribution < 1.29 is 24.2 Å². The molecule has 1 aromatic carbocycles. The number of alkyl halides is 1. The molecule has 1 rings (SSSR count). The van der Waals surface area contributed by atoms with Crippen molar-refractivity contribution in [3.63, 3.8) is 0 Å². The van der Waals surface area contributed by atoms with Crippen molar-refractivity contribution in [3.05, 3.63) is 35.9 Å². The molecule has 0 spiro atoms. The third-order valence-corrected chi connectivity index (χ3v) is 4.81. The average molecular weight is 472 g/mol. The molecule has 3 amide bonds. The minimum Gasteiger partial charge on any atom is -0.453 e. The van der Waals surface area contributed by atoms with Crippen molar-refractivity contribution in [3.8, 4) is 0 Å². The van der Waals surface area contributed by atoms with Gasteiger partial charge in [0.15, 0.2) is 0 Å². The van der Waals surface area contributed by atoms with Gasteiger partial charge in [-0.15, -0.1) is 0 Å². The lowest BCUT2D eigenvalue weighted by Crippen LogP contribution is -2.58. The zero-order valence-electron chi connectivity index (χ0n) is 17.2. The molecule has 0 bridgehead atoms. The molecule has 0 aromatic heterocycles. The highest BCUT2D eigenvalue weighted by molar-refractivity contribution is 9.09. The summed E-state index contributed by atoms with van der Waals surface area (Å²) in [5.41, 5.74) is 0.321. The Bertz CT molecular complexity index is 678. The molecule has 8 nitrogen and oxygen atoms in total. The molecule has 0 heterocycles. The van der Waals surface area contributed by atoms with Gasteiger partial charge in [0.2, 0.25) is 11.8 Å². The summed E-state index contributed by atoms with van der Waals surface area (Å²) in [5, 5.41) is 18.7. The summed E-state index contributed by atoms with van der Waals surface area (Å²) in [5.74, 6) is -0.719. The fourth-order valence-corrected chi connectivity index (χ4v) is 2.88. The van der Waals surface area contributed by atoms with Gasteiger partial charge in [0.1, 0.15) is 6.04 Å². The van der Waals surface area contributed by atoms with Crippen LogP contribution >= 0.6 is 15.9 Å². The topological polar surface area (TPSA) is 117 Å². The number of ether oxygens (including phenoxy) is 1. The highest BCUT2D eigenvalue weighted by Gasteiger charge is 2.35. The summed E-state index contributed by atoms with van der Waals surface area (Å²) >= 11 is 3.05. The summed E-state index contributed by atoms with van der Waals surface area (Å²) in [6.45, 7) is 5.41. The summed E-state index contributed by atoms with van der Waals surface area (Å²) in [7, 11) is 1.22. The van der Waals surface area contributed by atoms with Gasteiger partial charge in [0.25, 0.3) is 0 Å². The average Bonchev–Trinajstić information content (AvgIpc) is 2.68. The molecular formula is C20H30BrN3O5. The maximum Gasteiger partial charge on any atom is 0.407 e. The number of benzene rings is 1. The lowest BCUT2D eigenvalue weighted by Gasteiger charge is -2.32. The Balaban J connectivity index is 2.98. The number of nitrogens with one attached hydrogen (secondary N) is 3. The summed E-state index contributed by atoms with van der Waals surface area (Å²) in [4.78, 5) is 36.1. The van der Waals surface area contributed by atoms with Crippen LogP contribution in [0.1, 0.15) is 26.3 Å². The van der Waals surface area contributed by atoms with Crippen LogP contribution in [0.15, 0.2) is 30.3 Å². The van der Waals surface area contributed by atoms with E-state index < -0.39 is 35.6 Å². The highest BCUT2D eigenvalue weighted by atomic mass is 79.9. The van der Waals surface area contributed by atoms with Crippen molar-refractivity contribution in [1.82, 2.24) is 16.0 Å². The maximum atomic E-state index is 13.0. The van der Waals surface area contributed by atoms with Gasteiger partial charge < -0.3 is 25.8 Å². The zero-order chi connectivity index (χ0) is 22.0. The van der Waals surface area contributed by atoms with Crippen molar-refractivity contribution in [1.29, 1.82) is 0 Å². The minimum atomic E-state index is -1.03. The fourth-order valence-electron chi connectivity index (χ4n) is 2.68. The van der Waals surface area contributed by atoms with Crippen LogP contribution in [0.25, 0.3) is 0 Å². The van der Waals surface area contributed by atoms with E-state index in [1.54, 1.807) is 0 Å². The number of aliphatic hydroxyl groups is 1. The molecular weight excluding hydrogens is 442 g/mol. The van der Waals surface area contributed by atoms with E-state index in [0.717, 1.165) is 5.56 Å². The van der Waals surface area contributed by atoms with Crippen LogP contribution in [-0.4, -0.2) is 60.2 Å². The number of halogens is 1. The molecule has 0 aliphatic heterocycles. The molecule has 0 aliphatic carbocycles. The van der Waals surface area contributed by atoms with Crippen molar-refractivity contribution in [2.24, 2.45) is 5.41 Å². The predicted octanol–water partition coefficient (Wildman–Crippen LogP) is 1.36. The fraction of sp³-hybridized carbons (Fsp3) is 0.550. The first-order valence-corrected chi connectivity index (χ1v) is 10.4. The number of rotatable bonds is 9. The number of alkyl carbamates (subject to hydrolysis) is 1. The normalized spacial score (nSPS) is 14.3. The summed E-state index contributed by atoms with van der Waals surface area (Å²) in [6.07, 6.45) is -1.39. The number of amides is 3. The second-order valence-corrected chi connectivity index (χ2v) is 8.31. The predicted molar refractivity (Wildman–Crippen MR) is 114 cm³/mol. The molecule has 0 fully saturated rings. The Morgan fingerprint density at radius 1 is 1.14 bits per heavy atom. The molecule has 29 heavy (non-hydrogen) atoms. The molecule has 3 atom stereocenters. The lowest BCUT2D eigenvalue weighted by molar-refractivity contribution is -0.127. The summed E-state index contributed by atoms with van der Waals surface area (Å²) < 4.78 is 4.62. The second kappa shape index (κ2) is 11.8. The monoisotopic (exact) mass is 471 g/mol. The van der Waals surface area contributed by atoms with Crippen LogP contribution in [0.2, 0.25) is 0 Å². The molecule has 162 valence electrons. The van der Waals surface area contributed by atoms with Crippen molar-refractivity contribution in [2.45, 2.75) is 45.4 Å². The number of aliphatic hydroxyl groups excluding tert-OH is 1. The Hall–Kier alpha value is -2.13. The van der Waals surface area contributed by atoms with E-state index in [9.17, 15) is 19.5 Å². The SMILES string of the molecule is COC(=O)N[C@H](C(=O)NC(Cc1ccccc1)C(O)CNC(=O)CBr)C(C)(C)C. The van der Waals surface area contributed by atoms with E-state index in [2.05, 4.69) is 36.6 Å². The number of methoxy groups -OCH3 is 1. The van der Waals surface area contributed by atoms with Crippen LogP contribution in [0.3, 0.4) is 0 Å². The number of hydrogen-bond acceptors (Lipinski definition) is 5. The molecule has 2 unspecified atom stereocenters. The van der Waals surface area contributed by atoms with E-state index in [4.69, 9.17) is 0 Å². The van der Waals surface area contributed by atoms with Crippen LogP contribution in [0.5, 0.6) is 0 Å². The van der Waals surface area contributed by atoms with Crippen molar-refractivity contribution in [2.75, 3.05) is 19.0 Å². The molecule has 9 heteroatoms. The maximum absolute atomic E-state index is 13.0. The van der Waals surface area contributed by atoms with E-state index in [-0.39, 0.29) is 17.8 Å². The Labute approximate surface area is 179 Å². The second-order valence-electron chi connectivity index (χ2n) is 7.74. The number of carbonyl (C=O) groups is 3. The van der Waals surface area contributed by atoms with Gasteiger partial charge in [0, 0.05) is 6.54 Å². The zero-order valence-corrected chi connectivity index (χ0v) is 18.8. The first-order chi connectivity index (χ1) is 13.6. The molecule has 0 aliphatic rings. The quantitative estimate of drug-likeness (QED) is 0.405. The van der Waals surface area contributed by atoms with E-state index in [1.807, 2.05) is 51.1 Å². The molecule has 0 saturated carbocycles. The van der Waals surface area contributed by atoms with Crippen molar-refractivity contribution >= 4 is 33.8 Å². The number of carbonyl (C=O) groups excluding carboxylic acids is 3. The smallest absolute Gasteiger partial charge is 0.407 e. The van der Waals surface area contributed by atoms with Crippen LogP contribution < -0.4 is 16.0 Å². The van der Waals surface area contributed by atoms with Gasteiger partial charge in [-0.3, -0.25) is 9.59 Å². The third kappa shape index (κ3) is 8.82. The first kappa shape index (κ1) is 24.9. The Morgan fingerprint density at radius 2 is 1.76 bits per heavy atom. The van der Waals surface area contributed by atoms with Gasteiger partial charge in [-0.25, -0.2) is 4.79 Å². The number of hydrogen-bond donors (Lipinski definition) is 4. The van der Waals surface area contributed by atoms with Gasteiger partial charge in [-0.2, -0.15) is 0 Å². The van der Waals surface area contributed by atoms with Gasteiger partial charge in [-0.1, -0.05) is 67.0 Å². The molecule has 0 radical (unpaired) electrons. The lowest BCUT2D eigenvalue weighted by atomic mass is 9.85. The van der Waals surface area contributed by atoms with Gasteiger partial charge in [-0.05, 0) is 17.4 Å². The first-order valence-electron chi connectivity index (χ1n) is 9.28. The van der Waals surface area contributed by atoms with Gasteiger partial charge >= 0.3 is 6.09 Å². The van der Waals surface area contributed by atoms with Gasteiger partial charge in [0.05, 0.1) is 24.6 Å². The summed E-state index contributed by atoms with van der Waals surface area (Å²) in [6, 6.07) is 7.82. The van der Waals surface area contributed by atoms with Crippen LogP contribution in [-0.2, 0) is 20.7 Å². The van der Waals surface area contributed by atoms with Crippen LogP contribution in [0, 0.1) is 5.41 Å². The highest BCUT2D eigenvalue weighted by Crippen LogP contribution is 2.20. The molecule has 4 N–H and O–H groups in total. The third-order valence-electron chi connectivity index (χ3n) is 4.30. The minimum absolute atomic E-state index is 0.0210. The van der Waals surface area contributed by atoms with E-state index >= 15 is 0 Å². The molecule has 1 aromatic rings. The molecule has 0 saturated heterocycles. The van der Waals surface area contributed by atoms with E-state index in [0.29, 0.717) is 6.42 Å². The standard InChI is InChI=1S/C20H30BrN3O5/c1-20(2,3)17(24-19(28)29-4)18(27)23-14(10-13-8-6-5-7-9-13)15(25)12-22-16(26)11-21/h5-9,14-15,17,25H,10-12H2,1-4H3,(H,22,26)(H,23,27)(H,24,28)/t14?,15?,17-/m1/s1.